The van der Waals surface area contributed by atoms with E-state index in [0.717, 1.165) is 0 Å². The summed E-state index contributed by atoms with van der Waals surface area (Å²) in [6.45, 7) is 2.25. The van der Waals surface area contributed by atoms with Crippen molar-refractivity contribution >= 4 is 42.9 Å². The molecule has 1 aromatic carbocycles. The van der Waals surface area contributed by atoms with Crippen LogP contribution in [0.3, 0.4) is 0 Å². The van der Waals surface area contributed by atoms with Crippen LogP contribution in [-0.2, 0) is 0 Å². The van der Waals surface area contributed by atoms with Gasteiger partial charge in [-0.25, -0.2) is 0 Å². The van der Waals surface area contributed by atoms with Gasteiger partial charge in [-0.3, -0.25) is 0 Å². The summed E-state index contributed by atoms with van der Waals surface area (Å²) in [5, 5.41) is 1.34. The zero-order chi connectivity index (χ0) is 11.8. The lowest BCUT2D eigenvalue weighted by Crippen LogP contribution is -2.08. The number of alkyl halides is 1. The van der Waals surface area contributed by atoms with Crippen molar-refractivity contribution in [1.29, 1.82) is 0 Å². The van der Waals surface area contributed by atoms with Gasteiger partial charge in [0.15, 0.2) is 0 Å². The Labute approximate surface area is 114 Å². The summed E-state index contributed by atoms with van der Waals surface area (Å²) in [5.74, 6) is 0.556. The molecule has 0 aliphatic heterocycles. The second kappa shape index (κ2) is 4.43. The number of hydrogen-bond acceptors (Lipinski definition) is 1. The van der Waals surface area contributed by atoms with Crippen molar-refractivity contribution in [3.05, 3.63) is 53.4 Å². The average molecular weight is 305 g/mol. The van der Waals surface area contributed by atoms with Crippen molar-refractivity contribution in [3.63, 3.8) is 0 Å². The van der Waals surface area contributed by atoms with Gasteiger partial charge in [0.25, 0.3) is 0 Å². The fraction of sp³-hybridized carbons (Fsp3) is 0.200. The van der Waals surface area contributed by atoms with Gasteiger partial charge >= 0.3 is 0 Å². The van der Waals surface area contributed by atoms with Crippen molar-refractivity contribution in [2.45, 2.75) is 11.8 Å². The molecule has 17 heavy (non-hydrogen) atoms. The first kappa shape index (κ1) is 11.2. The van der Waals surface area contributed by atoms with Gasteiger partial charge in [0.05, 0.1) is 0 Å². The number of fused-ring (bicyclic) bond motifs is 1. The Morgan fingerprint density at radius 2 is 2.06 bits per heavy atom. The van der Waals surface area contributed by atoms with Gasteiger partial charge in [-0.15, -0.1) is 11.3 Å². The third kappa shape index (κ3) is 2.12. The first-order valence-electron chi connectivity index (χ1n) is 5.77. The Kier molecular flexibility index (Phi) is 2.93. The van der Waals surface area contributed by atoms with E-state index in [4.69, 9.17) is 0 Å². The highest BCUT2D eigenvalue weighted by atomic mass is 79.9. The zero-order valence-electron chi connectivity index (χ0n) is 9.56. The molecule has 0 nitrogen and oxygen atoms in total. The standard InChI is InChI=1S/C15H13BrS/c1-10-8-12(6-7-13(10)16)15-9-11-4-2-3-5-14(11)17-15/h2-10,13H,1H3. The van der Waals surface area contributed by atoms with Crippen LogP contribution in [0, 0.1) is 5.92 Å². The van der Waals surface area contributed by atoms with Gasteiger partial charge in [-0.1, -0.05) is 59.3 Å². The minimum absolute atomic E-state index is 0.473. The molecule has 0 fully saturated rings. The number of benzene rings is 1. The molecule has 1 aliphatic rings. The van der Waals surface area contributed by atoms with Crippen LogP contribution in [-0.4, -0.2) is 4.83 Å². The smallest absolute Gasteiger partial charge is 0.0389 e. The van der Waals surface area contributed by atoms with E-state index in [9.17, 15) is 0 Å². The number of hydrogen-bond donors (Lipinski definition) is 0. The monoisotopic (exact) mass is 304 g/mol. The second-order valence-electron chi connectivity index (χ2n) is 4.43. The van der Waals surface area contributed by atoms with E-state index in [1.807, 2.05) is 11.3 Å². The van der Waals surface area contributed by atoms with Crippen LogP contribution in [0.2, 0.25) is 0 Å². The van der Waals surface area contributed by atoms with Crippen molar-refractivity contribution in [2.24, 2.45) is 5.92 Å². The van der Waals surface area contributed by atoms with E-state index >= 15 is 0 Å². The van der Waals surface area contributed by atoms with Crippen molar-refractivity contribution in [1.82, 2.24) is 0 Å². The van der Waals surface area contributed by atoms with Crippen LogP contribution >= 0.6 is 27.3 Å². The molecule has 2 heteroatoms. The number of rotatable bonds is 1. The molecule has 2 aromatic rings. The molecule has 0 saturated heterocycles. The van der Waals surface area contributed by atoms with Gasteiger partial charge in [-0.05, 0) is 29.0 Å². The Balaban J connectivity index is 2.05. The Morgan fingerprint density at radius 3 is 2.82 bits per heavy atom. The second-order valence-corrected chi connectivity index (χ2v) is 6.57. The van der Waals surface area contributed by atoms with Crippen LogP contribution in [0.4, 0.5) is 0 Å². The molecule has 0 saturated carbocycles. The van der Waals surface area contributed by atoms with Gasteiger partial charge < -0.3 is 0 Å². The highest BCUT2D eigenvalue weighted by molar-refractivity contribution is 9.09. The molecule has 0 bridgehead atoms. The molecule has 0 spiro atoms. The maximum Gasteiger partial charge on any atom is 0.0389 e. The van der Waals surface area contributed by atoms with Crippen molar-refractivity contribution < 1.29 is 0 Å². The predicted molar refractivity (Wildman–Crippen MR) is 80.8 cm³/mol. The number of halogens is 1. The van der Waals surface area contributed by atoms with Gasteiger partial charge in [-0.2, -0.15) is 0 Å². The summed E-state index contributed by atoms with van der Waals surface area (Å²) < 4.78 is 1.37. The maximum absolute atomic E-state index is 3.66. The molecule has 86 valence electrons. The first-order chi connectivity index (χ1) is 8.24. The van der Waals surface area contributed by atoms with Gasteiger partial charge in [0, 0.05) is 14.4 Å². The minimum atomic E-state index is 0.473. The van der Waals surface area contributed by atoms with Crippen molar-refractivity contribution in [3.8, 4) is 0 Å². The summed E-state index contributed by atoms with van der Waals surface area (Å²) >= 11 is 5.53. The van der Waals surface area contributed by atoms with E-state index < -0.39 is 0 Å². The lowest BCUT2D eigenvalue weighted by Gasteiger charge is -2.16. The Bertz CT molecular complexity index is 573. The van der Waals surface area contributed by atoms with E-state index in [1.165, 1.54) is 20.5 Å². The summed E-state index contributed by atoms with van der Waals surface area (Å²) in [6, 6.07) is 10.9. The average Bonchev–Trinajstić information content (AvgIpc) is 2.76. The third-order valence-corrected chi connectivity index (χ3v) is 5.42. The molecule has 3 rings (SSSR count). The molecule has 2 atom stereocenters. The quantitative estimate of drug-likeness (QED) is 0.631. The zero-order valence-corrected chi connectivity index (χ0v) is 12.0. The summed E-state index contributed by atoms with van der Waals surface area (Å²) in [5.41, 5.74) is 1.36. The topological polar surface area (TPSA) is 0 Å². The largest absolute Gasteiger partial charge is 0.135 e. The molecule has 0 amide bonds. The van der Waals surface area contributed by atoms with E-state index in [1.54, 1.807) is 0 Å². The van der Waals surface area contributed by atoms with Gasteiger partial charge in [0.1, 0.15) is 0 Å². The molecule has 0 radical (unpaired) electrons. The maximum atomic E-state index is 3.66. The Hall–Kier alpha value is -0.860. The summed E-state index contributed by atoms with van der Waals surface area (Å²) in [4.78, 5) is 1.84. The molecule has 0 N–H and O–H groups in total. The van der Waals surface area contributed by atoms with E-state index in [-0.39, 0.29) is 0 Å². The Morgan fingerprint density at radius 1 is 1.24 bits per heavy atom. The predicted octanol–water partition coefficient (Wildman–Crippen LogP) is 5.25. The highest BCUT2D eigenvalue weighted by Gasteiger charge is 2.15. The van der Waals surface area contributed by atoms with Crippen LogP contribution in [0.15, 0.2) is 48.6 Å². The molecule has 1 aliphatic carbocycles. The van der Waals surface area contributed by atoms with Crippen LogP contribution in [0.1, 0.15) is 11.8 Å². The molecule has 1 heterocycles. The molecular weight excluding hydrogens is 292 g/mol. The highest BCUT2D eigenvalue weighted by Crippen LogP contribution is 2.34. The summed E-state index contributed by atoms with van der Waals surface area (Å²) in [7, 11) is 0. The van der Waals surface area contributed by atoms with Crippen LogP contribution in [0.5, 0.6) is 0 Å². The van der Waals surface area contributed by atoms with Crippen LogP contribution < -0.4 is 0 Å². The fourth-order valence-corrected chi connectivity index (χ4v) is 3.46. The SMILES string of the molecule is CC1C=C(c2cc3ccccc3s2)C=CC1Br. The third-order valence-electron chi connectivity index (χ3n) is 3.11. The number of allylic oxidation sites excluding steroid dienone is 4. The molecule has 1 aromatic heterocycles. The van der Waals surface area contributed by atoms with E-state index in [2.05, 4.69) is 71.4 Å². The fourth-order valence-electron chi connectivity index (χ4n) is 2.09. The molecule has 2 unspecified atom stereocenters. The van der Waals surface area contributed by atoms with Gasteiger partial charge in [0.2, 0.25) is 0 Å². The van der Waals surface area contributed by atoms with Crippen molar-refractivity contribution in [2.75, 3.05) is 0 Å². The molecular formula is C15H13BrS. The lowest BCUT2D eigenvalue weighted by atomic mass is 9.97. The number of thiophene rings is 1. The van der Waals surface area contributed by atoms with Crippen LogP contribution in [0.25, 0.3) is 15.7 Å². The minimum Gasteiger partial charge on any atom is -0.135 e. The van der Waals surface area contributed by atoms with E-state index in [0.29, 0.717) is 10.7 Å². The normalized spacial score (nSPS) is 24.0. The summed E-state index contributed by atoms with van der Waals surface area (Å²) in [6.07, 6.45) is 6.82. The first-order valence-corrected chi connectivity index (χ1v) is 7.50. The lowest BCUT2D eigenvalue weighted by molar-refractivity contribution is 0.765.